The molecule has 0 fully saturated rings. The Bertz CT molecular complexity index is 2530. The van der Waals surface area contributed by atoms with Crippen LogP contribution in [0.5, 0.6) is 0 Å². The summed E-state index contributed by atoms with van der Waals surface area (Å²) in [7, 11) is -1.35. The van der Waals surface area contributed by atoms with E-state index in [1.54, 1.807) is 0 Å². The minimum absolute atomic E-state index is 0. The van der Waals surface area contributed by atoms with Crippen molar-refractivity contribution in [3.63, 3.8) is 0 Å². The van der Waals surface area contributed by atoms with E-state index in [2.05, 4.69) is 145 Å². The van der Waals surface area contributed by atoms with E-state index in [9.17, 15) is 0 Å². The van der Waals surface area contributed by atoms with Crippen LogP contribution in [0, 0.1) is 45.7 Å². The maximum atomic E-state index is 6.32. The van der Waals surface area contributed by atoms with Crippen molar-refractivity contribution in [1.82, 2.24) is 14.5 Å². The van der Waals surface area contributed by atoms with Crippen LogP contribution < -0.4 is 5.19 Å². The molecule has 5 aromatic carbocycles. The number of pyridine rings is 1. The van der Waals surface area contributed by atoms with E-state index in [1.807, 2.05) is 36.4 Å². The summed E-state index contributed by atoms with van der Waals surface area (Å²) in [6, 6.07) is 40.3. The van der Waals surface area contributed by atoms with Crippen molar-refractivity contribution in [2.75, 3.05) is 0 Å². The van der Waals surface area contributed by atoms with Crippen LogP contribution in [-0.4, -0.2) is 22.6 Å². The van der Waals surface area contributed by atoms with Gasteiger partial charge in [0.05, 0.1) is 30.5 Å². The first-order valence-electron chi connectivity index (χ1n) is 18.2. The molecule has 3 heterocycles. The predicted molar refractivity (Wildman–Crippen MR) is 222 cm³/mol. The summed E-state index contributed by atoms with van der Waals surface area (Å²) in [5.41, 5.74) is 14.3. The van der Waals surface area contributed by atoms with Gasteiger partial charge in [-0.3, -0.25) is 4.98 Å². The normalized spacial score (nSPS) is 11.6. The molecule has 271 valence electrons. The van der Waals surface area contributed by atoms with Crippen molar-refractivity contribution in [2.45, 2.75) is 67.6 Å². The zero-order chi connectivity index (χ0) is 36.7. The fraction of sp³-hybridized carbons (Fsp3) is 0.234. The number of hydrogen-bond donors (Lipinski definition) is 0. The molecule has 0 aliphatic carbocycles. The molecule has 0 atom stereocenters. The van der Waals surface area contributed by atoms with Crippen LogP contribution in [-0.2, 0) is 26.5 Å². The van der Waals surface area contributed by atoms with Gasteiger partial charge < -0.3 is 14.0 Å². The summed E-state index contributed by atoms with van der Waals surface area (Å²) >= 11 is 0. The van der Waals surface area contributed by atoms with Crippen molar-refractivity contribution in [3.8, 4) is 28.3 Å². The maximum absolute atomic E-state index is 6.32. The summed E-state index contributed by atoms with van der Waals surface area (Å²) in [5.74, 6) is 1.51. The van der Waals surface area contributed by atoms with Crippen LogP contribution in [0.25, 0.3) is 61.3 Å². The molecule has 0 saturated heterocycles. The minimum Gasteiger partial charge on any atom is -0.501 e. The molecule has 0 aliphatic rings. The van der Waals surface area contributed by atoms with E-state index in [4.69, 9.17) is 14.4 Å². The van der Waals surface area contributed by atoms with Gasteiger partial charge in [-0.25, -0.2) is 0 Å². The van der Waals surface area contributed by atoms with Gasteiger partial charge in [-0.15, -0.1) is 53.6 Å². The number of aromatic nitrogens is 3. The van der Waals surface area contributed by atoms with Crippen molar-refractivity contribution >= 4 is 46.2 Å². The number of imidazole rings is 1. The molecular formula is C47H47IrN3OSi-2. The molecule has 8 aromatic rings. The number of benzene rings is 5. The van der Waals surface area contributed by atoms with Gasteiger partial charge in [0.15, 0.2) is 0 Å². The zero-order valence-electron chi connectivity index (χ0n) is 32.2. The number of aryl methyl sites for hydroxylation is 4. The van der Waals surface area contributed by atoms with E-state index < -0.39 is 8.07 Å². The Morgan fingerprint density at radius 1 is 0.792 bits per heavy atom. The third-order valence-corrected chi connectivity index (χ3v) is 11.7. The average molecular weight is 890 g/mol. The second-order valence-corrected chi connectivity index (χ2v) is 20.6. The quantitative estimate of drug-likeness (QED) is 0.123. The summed E-state index contributed by atoms with van der Waals surface area (Å²) in [4.78, 5) is 9.77. The van der Waals surface area contributed by atoms with E-state index >= 15 is 0 Å². The topological polar surface area (TPSA) is 43.9 Å². The van der Waals surface area contributed by atoms with Crippen LogP contribution in [0.1, 0.15) is 41.7 Å². The first-order valence-corrected chi connectivity index (χ1v) is 21.7. The van der Waals surface area contributed by atoms with Gasteiger partial charge >= 0.3 is 0 Å². The average Bonchev–Trinajstić information content (AvgIpc) is 3.67. The number of nitrogens with zero attached hydrogens (tertiary/aromatic N) is 3. The molecule has 8 rings (SSSR count). The van der Waals surface area contributed by atoms with Crippen molar-refractivity contribution in [1.29, 1.82) is 0 Å². The Hall–Kier alpha value is -4.61. The molecular weight excluding hydrogens is 843 g/mol. The van der Waals surface area contributed by atoms with Crippen LogP contribution >= 0.6 is 0 Å². The van der Waals surface area contributed by atoms with Crippen LogP contribution in [0.3, 0.4) is 0 Å². The molecule has 53 heavy (non-hydrogen) atoms. The Morgan fingerprint density at radius 3 is 2.21 bits per heavy atom. The molecule has 0 amide bonds. The molecule has 3 aromatic heterocycles. The predicted octanol–water partition coefficient (Wildman–Crippen LogP) is 11.9. The SMILES string of the molecule is Cc1c[c-]c(-c2cc(CC(C)C)c([Si](C)(C)C)cn2)cc1.Cc1cc(C)c(-n2c(-c3[c-]ccc4c3oc3ccccc34)nc3ccccc32)c(C)c1.[Ir]. The molecule has 0 spiro atoms. The molecule has 0 bridgehead atoms. The Kier molecular flexibility index (Phi) is 11.1. The van der Waals surface area contributed by atoms with Crippen molar-refractivity contribution in [2.24, 2.45) is 5.92 Å². The third-order valence-electron chi connectivity index (χ3n) is 9.65. The van der Waals surface area contributed by atoms with E-state index in [0.717, 1.165) is 67.7 Å². The molecule has 0 unspecified atom stereocenters. The Balaban J connectivity index is 0.000000193. The summed E-state index contributed by atoms with van der Waals surface area (Å²) in [6.45, 7) is 20.3. The fourth-order valence-corrected chi connectivity index (χ4v) is 8.98. The molecule has 1 radical (unpaired) electrons. The summed E-state index contributed by atoms with van der Waals surface area (Å²) < 4.78 is 8.58. The van der Waals surface area contributed by atoms with Gasteiger partial charge in [0, 0.05) is 37.4 Å². The smallest absolute Gasteiger partial charge is 0.120 e. The standard InChI is InChI=1S/C28H21N2O.C19H26NSi.Ir/c1-17-15-18(2)26(19(3)16-17)30-24-13-6-5-12-23(24)29-28(30)22-11-8-10-21-20-9-4-7-14-25(20)31-27(21)22;1-14(2)11-17-12-18(16-9-7-15(3)8-10-16)20-13-19(17)21(4,5)6;/h4-10,12-16H,1-3H3;7-9,12-14H,11H2,1-6H3;/q2*-1;. The van der Waals surface area contributed by atoms with Gasteiger partial charge in [0.25, 0.3) is 0 Å². The van der Waals surface area contributed by atoms with Gasteiger partial charge in [-0.05, 0) is 73.3 Å². The Labute approximate surface area is 328 Å². The minimum atomic E-state index is -1.35. The molecule has 0 saturated carbocycles. The van der Waals surface area contributed by atoms with Gasteiger partial charge in [0.1, 0.15) is 5.58 Å². The second kappa shape index (κ2) is 15.4. The van der Waals surface area contributed by atoms with Crippen LogP contribution in [0.15, 0.2) is 108 Å². The number of furan rings is 1. The first-order chi connectivity index (χ1) is 24.9. The largest absolute Gasteiger partial charge is 0.501 e. The second-order valence-electron chi connectivity index (χ2n) is 15.6. The van der Waals surface area contributed by atoms with Crippen LogP contribution in [0.2, 0.25) is 19.6 Å². The number of rotatable bonds is 6. The first kappa shape index (κ1) is 38.1. The molecule has 6 heteroatoms. The monoisotopic (exact) mass is 890 g/mol. The molecule has 0 N–H and O–H groups in total. The van der Waals surface area contributed by atoms with E-state index in [-0.39, 0.29) is 20.1 Å². The summed E-state index contributed by atoms with van der Waals surface area (Å²) in [6.07, 6.45) is 3.24. The number of hydrogen-bond acceptors (Lipinski definition) is 3. The zero-order valence-corrected chi connectivity index (χ0v) is 35.6. The van der Waals surface area contributed by atoms with Gasteiger partial charge in [-0.1, -0.05) is 111 Å². The van der Waals surface area contributed by atoms with Gasteiger partial charge in [0.2, 0.25) is 0 Å². The van der Waals surface area contributed by atoms with E-state index in [1.165, 1.54) is 33.0 Å². The van der Waals surface area contributed by atoms with E-state index in [0.29, 0.717) is 5.92 Å². The van der Waals surface area contributed by atoms with Gasteiger partial charge in [-0.2, -0.15) is 0 Å². The number of para-hydroxylation sites is 3. The van der Waals surface area contributed by atoms with Crippen LogP contribution in [0.4, 0.5) is 0 Å². The maximum Gasteiger partial charge on any atom is 0.120 e. The molecule has 0 aliphatic heterocycles. The molecule has 4 nitrogen and oxygen atoms in total. The summed E-state index contributed by atoms with van der Waals surface area (Å²) in [5, 5.41) is 3.69. The number of fused-ring (bicyclic) bond motifs is 4. The van der Waals surface area contributed by atoms with Crippen molar-refractivity contribution in [3.05, 3.63) is 143 Å². The Morgan fingerprint density at radius 2 is 1.51 bits per heavy atom. The third kappa shape index (κ3) is 7.73. The van der Waals surface area contributed by atoms with Crippen molar-refractivity contribution < 1.29 is 24.5 Å². The fourth-order valence-electron chi connectivity index (χ4n) is 7.39.